The minimum absolute atomic E-state index is 0.752. The van der Waals surface area contributed by atoms with E-state index in [2.05, 4.69) is 69.1 Å². The number of aromatic nitrogens is 3. The predicted molar refractivity (Wildman–Crippen MR) is 103 cm³/mol. The number of para-hydroxylation sites is 1. The molecule has 0 bridgehead atoms. The fourth-order valence-electron chi connectivity index (χ4n) is 3.26. The average molecular weight is 340 g/mol. The zero-order valence-corrected chi connectivity index (χ0v) is 15.3. The van der Waals surface area contributed by atoms with Crippen LogP contribution in [0.2, 0.25) is 0 Å². The molecule has 1 aliphatic heterocycles. The van der Waals surface area contributed by atoms with Gasteiger partial charge in [0.05, 0.1) is 6.20 Å². The average Bonchev–Trinajstić information content (AvgIpc) is 2.69. The van der Waals surface area contributed by atoms with Gasteiger partial charge < -0.3 is 14.7 Å². The van der Waals surface area contributed by atoms with Gasteiger partial charge in [0.2, 0.25) is 5.95 Å². The van der Waals surface area contributed by atoms with Crippen molar-refractivity contribution in [3.8, 4) is 0 Å². The van der Waals surface area contributed by atoms with E-state index in [-0.39, 0.29) is 0 Å². The molecule has 0 aliphatic carbocycles. The first-order chi connectivity index (χ1) is 12.3. The molecule has 2 aromatic rings. The number of anilines is 3. The van der Waals surface area contributed by atoms with Crippen LogP contribution in [0, 0.1) is 0 Å². The summed E-state index contributed by atoms with van der Waals surface area (Å²) in [5, 5.41) is 8.50. The molecule has 1 fully saturated rings. The van der Waals surface area contributed by atoms with Crippen molar-refractivity contribution in [2.75, 3.05) is 54.0 Å². The fourth-order valence-corrected chi connectivity index (χ4v) is 3.26. The number of rotatable bonds is 7. The number of piperazine rings is 1. The molecular formula is C19H28N6. The SMILES string of the molecule is CCCN(CCC)c1cnnc(N2CCN(c3ccccc3)CC2)n1. The van der Waals surface area contributed by atoms with Crippen LogP contribution in [-0.2, 0) is 0 Å². The Kier molecular flexibility index (Phi) is 6.04. The highest BCUT2D eigenvalue weighted by Gasteiger charge is 2.20. The lowest BCUT2D eigenvalue weighted by molar-refractivity contribution is 0.632. The second-order valence-electron chi connectivity index (χ2n) is 6.41. The number of benzene rings is 1. The minimum Gasteiger partial charge on any atom is -0.368 e. The van der Waals surface area contributed by atoms with Gasteiger partial charge in [0.15, 0.2) is 5.82 Å². The molecule has 0 N–H and O–H groups in total. The van der Waals surface area contributed by atoms with E-state index in [1.165, 1.54) is 5.69 Å². The van der Waals surface area contributed by atoms with E-state index >= 15 is 0 Å². The summed E-state index contributed by atoms with van der Waals surface area (Å²) in [5.74, 6) is 1.70. The summed E-state index contributed by atoms with van der Waals surface area (Å²) in [6.07, 6.45) is 4.00. The van der Waals surface area contributed by atoms with Crippen molar-refractivity contribution in [1.82, 2.24) is 15.2 Å². The van der Waals surface area contributed by atoms with Crippen molar-refractivity contribution in [2.45, 2.75) is 26.7 Å². The molecule has 1 aromatic carbocycles. The highest BCUT2D eigenvalue weighted by molar-refractivity contribution is 5.49. The maximum absolute atomic E-state index is 4.79. The first kappa shape index (κ1) is 17.5. The van der Waals surface area contributed by atoms with Gasteiger partial charge in [0.25, 0.3) is 0 Å². The monoisotopic (exact) mass is 340 g/mol. The standard InChI is InChI=1S/C19H28N6/c1-3-10-24(11-4-2)18-16-20-22-19(21-18)25-14-12-23(13-15-25)17-8-6-5-7-9-17/h5-9,16H,3-4,10-15H2,1-2H3. The van der Waals surface area contributed by atoms with Crippen LogP contribution in [0.4, 0.5) is 17.5 Å². The Morgan fingerprint density at radius 3 is 2.20 bits per heavy atom. The smallest absolute Gasteiger partial charge is 0.247 e. The Bertz CT molecular complexity index is 633. The molecule has 25 heavy (non-hydrogen) atoms. The van der Waals surface area contributed by atoms with Gasteiger partial charge in [-0.2, -0.15) is 10.1 Å². The van der Waals surface area contributed by atoms with Crippen molar-refractivity contribution in [1.29, 1.82) is 0 Å². The van der Waals surface area contributed by atoms with Gasteiger partial charge in [0.1, 0.15) is 0 Å². The van der Waals surface area contributed by atoms with E-state index in [4.69, 9.17) is 4.98 Å². The van der Waals surface area contributed by atoms with E-state index in [1.807, 2.05) is 0 Å². The van der Waals surface area contributed by atoms with Crippen molar-refractivity contribution < 1.29 is 0 Å². The van der Waals surface area contributed by atoms with E-state index < -0.39 is 0 Å². The predicted octanol–water partition coefficient (Wildman–Crippen LogP) is 2.82. The van der Waals surface area contributed by atoms with Crippen LogP contribution >= 0.6 is 0 Å². The highest BCUT2D eigenvalue weighted by Crippen LogP contribution is 2.19. The van der Waals surface area contributed by atoms with Crippen molar-refractivity contribution in [2.24, 2.45) is 0 Å². The quantitative estimate of drug-likeness (QED) is 0.772. The van der Waals surface area contributed by atoms with Gasteiger partial charge in [-0.1, -0.05) is 32.0 Å². The van der Waals surface area contributed by atoms with E-state index in [1.54, 1.807) is 6.20 Å². The summed E-state index contributed by atoms with van der Waals surface area (Å²) in [6.45, 7) is 10.2. The summed E-state index contributed by atoms with van der Waals surface area (Å²) in [5.41, 5.74) is 1.28. The van der Waals surface area contributed by atoms with E-state index in [0.717, 1.165) is 63.9 Å². The Morgan fingerprint density at radius 1 is 0.920 bits per heavy atom. The van der Waals surface area contributed by atoms with Gasteiger partial charge in [0, 0.05) is 45.0 Å². The zero-order chi connectivity index (χ0) is 17.5. The van der Waals surface area contributed by atoms with Gasteiger partial charge >= 0.3 is 0 Å². The Morgan fingerprint density at radius 2 is 1.56 bits per heavy atom. The normalized spacial score (nSPS) is 14.6. The Labute approximate surface area is 150 Å². The molecule has 0 spiro atoms. The van der Waals surface area contributed by atoms with E-state index in [9.17, 15) is 0 Å². The third kappa shape index (κ3) is 4.38. The first-order valence-electron chi connectivity index (χ1n) is 9.31. The molecule has 0 radical (unpaired) electrons. The van der Waals surface area contributed by atoms with Crippen molar-refractivity contribution >= 4 is 17.5 Å². The topological polar surface area (TPSA) is 48.4 Å². The van der Waals surface area contributed by atoms with Gasteiger partial charge in [-0.25, -0.2) is 0 Å². The number of hydrogen-bond acceptors (Lipinski definition) is 6. The van der Waals surface area contributed by atoms with Crippen LogP contribution < -0.4 is 14.7 Å². The van der Waals surface area contributed by atoms with Crippen LogP contribution in [0.25, 0.3) is 0 Å². The summed E-state index contributed by atoms with van der Waals surface area (Å²) in [4.78, 5) is 11.7. The van der Waals surface area contributed by atoms with Crippen LogP contribution in [0.1, 0.15) is 26.7 Å². The molecule has 0 atom stereocenters. The summed E-state index contributed by atoms with van der Waals surface area (Å²) in [7, 11) is 0. The maximum Gasteiger partial charge on any atom is 0.247 e. The van der Waals surface area contributed by atoms with Crippen molar-refractivity contribution in [3.05, 3.63) is 36.5 Å². The molecule has 3 rings (SSSR count). The number of hydrogen-bond donors (Lipinski definition) is 0. The molecule has 6 heteroatoms. The van der Waals surface area contributed by atoms with Gasteiger partial charge in [-0.3, -0.25) is 0 Å². The van der Waals surface area contributed by atoms with Crippen LogP contribution in [0.3, 0.4) is 0 Å². The molecular weight excluding hydrogens is 312 g/mol. The Hall–Kier alpha value is -2.37. The molecule has 6 nitrogen and oxygen atoms in total. The van der Waals surface area contributed by atoms with Crippen LogP contribution in [0.5, 0.6) is 0 Å². The zero-order valence-electron chi connectivity index (χ0n) is 15.3. The second-order valence-corrected chi connectivity index (χ2v) is 6.41. The summed E-state index contributed by atoms with van der Waals surface area (Å²) >= 11 is 0. The lowest BCUT2D eigenvalue weighted by Crippen LogP contribution is -2.47. The highest BCUT2D eigenvalue weighted by atomic mass is 15.4. The number of nitrogens with zero attached hydrogens (tertiary/aromatic N) is 6. The molecule has 1 saturated heterocycles. The first-order valence-corrected chi connectivity index (χ1v) is 9.31. The largest absolute Gasteiger partial charge is 0.368 e. The third-order valence-corrected chi connectivity index (χ3v) is 4.53. The molecule has 0 unspecified atom stereocenters. The van der Waals surface area contributed by atoms with Crippen LogP contribution in [0.15, 0.2) is 36.5 Å². The van der Waals surface area contributed by atoms with Gasteiger partial charge in [-0.05, 0) is 25.0 Å². The van der Waals surface area contributed by atoms with E-state index in [0.29, 0.717) is 0 Å². The summed E-state index contributed by atoms with van der Waals surface area (Å²) < 4.78 is 0. The second kappa shape index (κ2) is 8.65. The maximum atomic E-state index is 4.79. The minimum atomic E-state index is 0.752. The van der Waals surface area contributed by atoms with Crippen molar-refractivity contribution in [3.63, 3.8) is 0 Å². The molecule has 1 aliphatic rings. The van der Waals surface area contributed by atoms with Crippen LogP contribution in [-0.4, -0.2) is 54.4 Å². The third-order valence-electron chi connectivity index (χ3n) is 4.53. The Balaban J connectivity index is 1.66. The van der Waals surface area contributed by atoms with Gasteiger partial charge in [-0.15, -0.1) is 5.10 Å². The molecule has 0 saturated carbocycles. The molecule has 134 valence electrons. The molecule has 0 amide bonds. The fraction of sp³-hybridized carbons (Fsp3) is 0.526. The lowest BCUT2D eigenvalue weighted by Gasteiger charge is -2.36. The lowest BCUT2D eigenvalue weighted by atomic mass is 10.2. The molecule has 1 aromatic heterocycles. The summed E-state index contributed by atoms with van der Waals surface area (Å²) in [6, 6.07) is 10.6. The molecule has 2 heterocycles.